The summed E-state index contributed by atoms with van der Waals surface area (Å²) in [7, 11) is 0. The minimum atomic E-state index is -0.400. The molecule has 5 nitrogen and oxygen atoms in total. The Morgan fingerprint density at radius 2 is 2.09 bits per heavy atom. The smallest absolute Gasteiger partial charge is 0.241 e. The van der Waals surface area contributed by atoms with Crippen LogP contribution < -0.4 is 10.2 Å². The average molecular weight is 335 g/mol. The maximum absolute atomic E-state index is 12.8. The number of nitrogens with one attached hydrogen (secondary N) is 1. The largest absolute Gasteiger partial charge is 0.356 e. The van der Waals surface area contributed by atoms with Gasteiger partial charge in [0.1, 0.15) is 5.03 Å². The van der Waals surface area contributed by atoms with E-state index in [0.29, 0.717) is 24.9 Å². The first-order chi connectivity index (χ1) is 10.9. The summed E-state index contributed by atoms with van der Waals surface area (Å²) in [6, 6.07) is 3.76. The van der Waals surface area contributed by atoms with Crippen molar-refractivity contribution in [1.82, 2.24) is 10.3 Å². The summed E-state index contributed by atoms with van der Waals surface area (Å²) in [6.45, 7) is 9.53. The first kappa shape index (κ1) is 17.8. The molecule has 2 heterocycles. The van der Waals surface area contributed by atoms with Gasteiger partial charge >= 0.3 is 0 Å². The van der Waals surface area contributed by atoms with Gasteiger partial charge in [-0.1, -0.05) is 39.5 Å². The Bertz CT molecular complexity index is 575. The van der Waals surface area contributed by atoms with E-state index in [0.717, 1.165) is 10.7 Å². The number of rotatable bonds is 6. The molecule has 0 bridgehead atoms. The molecule has 0 radical (unpaired) electrons. The summed E-state index contributed by atoms with van der Waals surface area (Å²) < 4.78 is 0. The van der Waals surface area contributed by atoms with E-state index in [2.05, 4.69) is 24.1 Å². The Hall–Kier alpha value is -1.56. The predicted octanol–water partition coefficient (Wildman–Crippen LogP) is 2.71. The van der Waals surface area contributed by atoms with Gasteiger partial charge in [-0.05, 0) is 24.0 Å². The first-order valence-electron chi connectivity index (χ1n) is 8.08. The lowest BCUT2D eigenvalue weighted by Gasteiger charge is -2.33. The van der Waals surface area contributed by atoms with Crippen LogP contribution in [0.15, 0.2) is 23.4 Å². The molecule has 0 unspecified atom stereocenters. The monoisotopic (exact) mass is 335 g/mol. The van der Waals surface area contributed by atoms with E-state index in [9.17, 15) is 9.59 Å². The van der Waals surface area contributed by atoms with Crippen LogP contribution in [0.2, 0.25) is 0 Å². The quantitative estimate of drug-likeness (QED) is 0.868. The zero-order valence-corrected chi connectivity index (χ0v) is 15.0. The number of hydrogen-bond acceptors (Lipinski definition) is 4. The second kappa shape index (κ2) is 7.81. The van der Waals surface area contributed by atoms with E-state index in [1.165, 1.54) is 11.8 Å². The second-order valence-corrected chi connectivity index (χ2v) is 7.87. The number of anilines is 1. The van der Waals surface area contributed by atoms with E-state index in [-0.39, 0.29) is 18.2 Å². The lowest BCUT2D eigenvalue weighted by atomic mass is 10.1. The fourth-order valence-corrected chi connectivity index (χ4v) is 3.55. The van der Waals surface area contributed by atoms with Crippen LogP contribution in [0.4, 0.5) is 5.69 Å². The van der Waals surface area contributed by atoms with E-state index in [1.807, 2.05) is 26.0 Å². The second-order valence-electron chi connectivity index (χ2n) is 6.68. The minimum absolute atomic E-state index is 0.00361. The number of pyridine rings is 1. The number of amides is 2. The summed E-state index contributed by atoms with van der Waals surface area (Å²) >= 11 is 1.40. The highest BCUT2D eigenvalue weighted by Crippen LogP contribution is 2.38. The summed E-state index contributed by atoms with van der Waals surface area (Å²) in [6.07, 6.45) is 1.92. The van der Waals surface area contributed by atoms with Gasteiger partial charge in [-0.25, -0.2) is 4.98 Å². The van der Waals surface area contributed by atoms with Gasteiger partial charge in [-0.2, -0.15) is 0 Å². The Kier molecular flexibility index (Phi) is 6.04. The van der Waals surface area contributed by atoms with Gasteiger partial charge in [-0.15, -0.1) is 0 Å². The highest BCUT2D eigenvalue weighted by atomic mass is 32.2. The maximum Gasteiger partial charge on any atom is 0.241 e. The molecule has 1 aromatic heterocycles. The molecule has 2 amide bonds. The van der Waals surface area contributed by atoms with Gasteiger partial charge in [-0.3, -0.25) is 9.59 Å². The van der Waals surface area contributed by atoms with Gasteiger partial charge in [0, 0.05) is 25.7 Å². The number of nitrogens with zero attached hydrogens (tertiary/aromatic N) is 2. The lowest BCUT2D eigenvalue weighted by molar-refractivity contribution is -0.125. The van der Waals surface area contributed by atoms with Gasteiger partial charge in [0.05, 0.1) is 10.9 Å². The number of aromatic nitrogens is 1. The molecular formula is C17H25N3O2S. The van der Waals surface area contributed by atoms with Crippen LogP contribution >= 0.6 is 11.8 Å². The van der Waals surface area contributed by atoms with Crippen molar-refractivity contribution >= 4 is 29.3 Å². The topological polar surface area (TPSA) is 62.3 Å². The molecule has 0 fully saturated rings. The molecule has 0 saturated carbocycles. The van der Waals surface area contributed by atoms with Gasteiger partial charge in [0.15, 0.2) is 0 Å². The van der Waals surface area contributed by atoms with Gasteiger partial charge < -0.3 is 10.2 Å². The third-order valence-corrected chi connectivity index (χ3v) is 4.65. The molecule has 0 aliphatic carbocycles. The van der Waals surface area contributed by atoms with Crippen LogP contribution in [-0.2, 0) is 9.59 Å². The molecule has 1 atom stereocenters. The SMILES string of the molecule is CC(C)CNC(=O)C[C@@H]1Sc2ncccc2N(CC(C)C)C1=O. The van der Waals surface area contributed by atoms with Crippen molar-refractivity contribution in [1.29, 1.82) is 0 Å². The minimum Gasteiger partial charge on any atom is -0.356 e. The van der Waals surface area contributed by atoms with Gasteiger partial charge in [0.2, 0.25) is 11.8 Å². The average Bonchev–Trinajstić information content (AvgIpc) is 2.49. The van der Waals surface area contributed by atoms with E-state index in [1.54, 1.807) is 11.1 Å². The van der Waals surface area contributed by atoms with Crippen molar-refractivity contribution in [2.45, 2.75) is 44.4 Å². The molecule has 23 heavy (non-hydrogen) atoms. The van der Waals surface area contributed by atoms with Crippen molar-refractivity contribution in [3.05, 3.63) is 18.3 Å². The number of hydrogen-bond donors (Lipinski definition) is 1. The van der Waals surface area contributed by atoms with Crippen molar-refractivity contribution in [3.63, 3.8) is 0 Å². The zero-order valence-electron chi connectivity index (χ0n) is 14.2. The Labute approximate surface area is 142 Å². The molecule has 0 saturated heterocycles. The van der Waals surface area contributed by atoms with Crippen LogP contribution in [0.3, 0.4) is 0 Å². The number of carbonyl (C=O) groups is 2. The van der Waals surface area contributed by atoms with E-state index in [4.69, 9.17) is 0 Å². The maximum atomic E-state index is 12.8. The summed E-state index contributed by atoms with van der Waals surface area (Å²) in [5, 5.41) is 3.31. The highest BCUT2D eigenvalue weighted by Gasteiger charge is 2.35. The molecule has 1 aliphatic heterocycles. The molecule has 0 aromatic carbocycles. The van der Waals surface area contributed by atoms with Crippen molar-refractivity contribution < 1.29 is 9.59 Å². The van der Waals surface area contributed by atoms with E-state index < -0.39 is 5.25 Å². The first-order valence-corrected chi connectivity index (χ1v) is 8.96. The van der Waals surface area contributed by atoms with Crippen LogP contribution in [0.25, 0.3) is 0 Å². The number of carbonyl (C=O) groups excluding carboxylic acids is 2. The van der Waals surface area contributed by atoms with Crippen LogP contribution in [0.5, 0.6) is 0 Å². The number of fused-ring (bicyclic) bond motifs is 1. The molecule has 1 aliphatic rings. The Balaban J connectivity index is 2.13. The third kappa shape index (κ3) is 4.70. The molecule has 1 N–H and O–H groups in total. The van der Waals surface area contributed by atoms with E-state index >= 15 is 0 Å². The molecule has 1 aromatic rings. The number of thioether (sulfide) groups is 1. The molecule has 126 valence electrons. The summed E-state index contributed by atoms with van der Waals surface area (Å²) in [5.74, 6) is 0.677. The lowest BCUT2D eigenvalue weighted by Crippen LogP contribution is -2.45. The van der Waals surface area contributed by atoms with Crippen LogP contribution in [0, 0.1) is 11.8 Å². The fourth-order valence-electron chi connectivity index (χ4n) is 2.40. The van der Waals surface area contributed by atoms with Crippen molar-refractivity contribution in [2.24, 2.45) is 11.8 Å². The fraction of sp³-hybridized carbons (Fsp3) is 0.588. The molecular weight excluding hydrogens is 310 g/mol. The normalized spacial score (nSPS) is 17.6. The summed E-state index contributed by atoms with van der Waals surface area (Å²) in [4.78, 5) is 31.0. The zero-order chi connectivity index (χ0) is 17.0. The van der Waals surface area contributed by atoms with Gasteiger partial charge in [0.25, 0.3) is 0 Å². The van der Waals surface area contributed by atoms with Crippen LogP contribution in [0.1, 0.15) is 34.1 Å². The Morgan fingerprint density at radius 1 is 1.35 bits per heavy atom. The van der Waals surface area contributed by atoms with Crippen molar-refractivity contribution in [3.8, 4) is 0 Å². The molecule has 0 spiro atoms. The van der Waals surface area contributed by atoms with Crippen LogP contribution in [-0.4, -0.2) is 35.1 Å². The molecule has 6 heteroatoms. The predicted molar refractivity (Wildman–Crippen MR) is 93.5 cm³/mol. The standard InChI is InChI=1S/C17H25N3O2S/c1-11(2)9-19-15(21)8-14-17(22)20(10-12(3)4)13-6-5-7-18-16(13)23-14/h5-7,11-12,14H,8-10H2,1-4H3,(H,19,21)/t14-/m0/s1. The Morgan fingerprint density at radius 3 is 2.74 bits per heavy atom. The highest BCUT2D eigenvalue weighted by molar-refractivity contribution is 8.00. The van der Waals surface area contributed by atoms with Crippen molar-refractivity contribution in [2.75, 3.05) is 18.0 Å². The third-order valence-electron chi connectivity index (χ3n) is 3.46. The summed E-state index contributed by atoms with van der Waals surface area (Å²) in [5.41, 5.74) is 0.857. The molecule has 2 rings (SSSR count).